The van der Waals surface area contributed by atoms with Crippen molar-refractivity contribution in [3.05, 3.63) is 0 Å². The molecule has 20 heavy (non-hydrogen) atoms. The summed E-state index contributed by atoms with van der Waals surface area (Å²) in [5.41, 5.74) is 5.11. The number of rotatable bonds is 2. The molecule has 6 nitrogen and oxygen atoms in total. The van der Waals surface area contributed by atoms with Gasteiger partial charge in [-0.3, -0.25) is 4.79 Å². The van der Waals surface area contributed by atoms with Crippen molar-refractivity contribution in [1.29, 1.82) is 0 Å². The van der Waals surface area contributed by atoms with Crippen LogP contribution in [0.4, 0.5) is 0 Å². The van der Waals surface area contributed by atoms with Crippen molar-refractivity contribution in [3.8, 4) is 0 Å². The molecule has 1 saturated carbocycles. The average Bonchev–Trinajstić information content (AvgIpc) is 2.89. The summed E-state index contributed by atoms with van der Waals surface area (Å²) < 4.78 is 5.40. The Labute approximate surface area is 119 Å². The Kier molecular flexibility index (Phi) is 5.23. The van der Waals surface area contributed by atoms with E-state index in [0.29, 0.717) is 39.1 Å². The number of amides is 1. The van der Waals surface area contributed by atoms with E-state index in [0.717, 1.165) is 32.1 Å². The maximum absolute atomic E-state index is 13.0. The molecular weight excluding hydrogens is 258 g/mol. The summed E-state index contributed by atoms with van der Waals surface area (Å²) in [4.78, 5) is 14.8. The second-order valence-corrected chi connectivity index (χ2v) is 5.74. The molecule has 2 rings (SSSR count). The van der Waals surface area contributed by atoms with E-state index >= 15 is 0 Å². The van der Waals surface area contributed by atoms with Gasteiger partial charge in [-0.25, -0.2) is 0 Å². The molecule has 0 aromatic heterocycles. The van der Waals surface area contributed by atoms with Crippen molar-refractivity contribution in [3.63, 3.8) is 0 Å². The number of nitrogens with zero attached hydrogens (tertiary/aromatic N) is 2. The lowest BCUT2D eigenvalue weighted by molar-refractivity contribution is -0.139. The highest BCUT2D eigenvalue weighted by Crippen LogP contribution is 2.37. The molecule has 0 spiro atoms. The van der Waals surface area contributed by atoms with E-state index < -0.39 is 5.41 Å². The molecule has 0 unspecified atom stereocenters. The van der Waals surface area contributed by atoms with E-state index in [9.17, 15) is 4.79 Å². The predicted octanol–water partition coefficient (Wildman–Crippen LogP) is 1.32. The summed E-state index contributed by atoms with van der Waals surface area (Å²) in [6.45, 7) is 2.55. The maximum Gasteiger partial charge on any atom is 0.236 e. The molecule has 1 aliphatic heterocycles. The number of amidine groups is 1. The quantitative estimate of drug-likeness (QED) is 0.263. The molecule has 1 saturated heterocycles. The Morgan fingerprint density at radius 3 is 2.45 bits per heavy atom. The van der Waals surface area contributed by atoms with Crippen molar-refractivity contribution < 1.29 is 14.7 Å². The van der Waals surface area contributed by atoms with Gasteiger partial charge >= 0.3 is 0 Å². The number of nitrogens with two attached hydrogens (primary N) is 1. The fourth-order valence-corrected chi connectivity index (χ4v) is 3.26. The maximum atomic E-state index is 13.0. The first kappa shape index (κ1) is 15.1. The Morgan fingerprint density at radius 2 is 1.80 bits per heavy atom. The lowest BCUT2D eigenvalue weighted by Crippen LogP contribution is -2.52. The summed E-state index contributed by atoms with van der Waals surface area (Å²) in [6, 6.07) is 0. The lowest BCUT2D eigenvalue weighted by Gasteiger charge is -2.35. The number of carbonyl (C=O) groups excluding carboxylic acids is 1. The minimum atomic E-state index is -0.810. The zero-order valence-corrected chi connectivity index (χ0v) is 12.0. The number of oxime groups is 1. The van der Waals surface area contributed by atoms with E-state index in [2.05, 4.69) is 5.16 Å². The summed E-state index contributed by atoms with van der Waals surface area (Å²) in [6.07, 6.45) is 6.32. The van der Waals surface area contributed by atoms with Gasteiger partial charge in [-0.2, -0.15) is 0 Å². The molecular formula is C14H25N3O3. The van der Waals surface area contributed by atoms with Crippen LogP contribution >= 0.6 is 0 Å². The third-order valence-corrected chi connectivity index (χ3v) is 4.47. The van der Waals surface area contributed by atoms with Gasteiger partial charge in [-0.05, 0) is 19.3 Å². The smallest absolute Gasteiger partial charge is 0.236 e. The molecule has 0 bridgehead atoms. The van der Waals surface area contributed by atoms with Gasteiger partial charge in [-0.15, -0.1) is 0 Å². The molecule has 0 atom stereocenters. The first-order valence-electron chi connectivity index (χ1n) is 7.56. The van der Waals surface area contributed by atoms with Crippen LogP contribution in [-0.4, -0.2) is 48.2 Å². The van der Waals surface area contributed by atoms with Crippen molar-refractivity contribution in [1.82, 2.24) is 4.90 Å². The largest absolute Gasteiger partial charge is 0.409 e. The summed E-state index contributed by atoms with van der Waals surface area (Å²) in [5, 5.41) is 12.3. The van der Waals surface area contributed by atoms with Crippen molar-refractivity contribution in [2.75, 3.05) is 26.3 Å². The topological polar surface area (TPSA) is 88.2 Å². The minimum Gasteiger partial charge on any atom is -0.409 e. The van der Waals surface area contributed by atoms with Gasteiger partial charge in [0.15, 0.2) is 5.84 Å². The third-order valence-electron chi connectivity index (χ3n) is 4.47. The van der Waals surface area contributed by atoms with Gasteiger partial charge in [0.2, 0.25) is 5.91 Å². The van der Waals surface area contributed by atoms with E-state index in [1.54, 1.807) is 0 Å². The SMILES string of the molecule is NC(=NO)C1(C(=O)N2CCCOCC2)CCCCCC1. The van der Waals surface area contributed by atoms with Crippen LogP contribution < -0.4 is 5.73 Å². The Balaban J connectivity index is 2.22. The minimum absolute atomic E-state index is 0.0141. The van der Waals surface area contributed by atoms with Gasteiger partial charge in [-0.1, -0.05) is 30.8 Å². The van der Waals surface area contributed by atoms with Crippen LogP contribution in [0.15, 0.2) is 5.16 Å². The van der Waals surface area contributed by atoms with Crippen molar-refractivity contribution in [2.45, 2.75) is 44.9 Å². The molecule has 1 aliphatic carbocycles. The molecule has 114 valence electrons. The van der Waals surface area contributed by atoms with Crippen LogP contribution in [0.3, 0.4) is 0 Å². The van der Waals surface area contributed by atoms with Gasteiger partial charge in [0.05, 0.1) is 6.61 Å². The molecule has 0 radical (unpaired) electrons. The molecule has 1 heterocycles. The Hall–Kier alpha value is -1.30. The summed E-state index contributed by atoms with van der Waals surface area (Å²) in [5.74, 6) is 0.0924. The number of hydrogen-bond donors (Lipinski definition) is 2. The Bertz CT molecular complexity index is 355. The van der Waals surface area contributed by atoms with Gasteiger partial charge in [0.25, 0.3) is 0 Å². The number of ether oxygens (including phenoxy) is 1. The third kappa shape index (κ3) is 3.06. The first-order valence-corrected chi connectivity index (χ1v) is 7.56. The van der Waals surface area contributed by atoms with E-state index in [1.807, 2.05) is 4.90 Å². The highest BCUT2D eigenvalue weighted by Gasteiger charge is 2.45. The lowest BCUT2D eigenvalue weighted by atomic mass is 9.77. The predicted molar refractivity (Wildman–Crippen MR) is 75.6 cm³/mol. The number of hydrogen-bond acceptors (Lipinski definition) is 4. The van der Waals surface area contributed by atoms with E-state index in [-0.39, 0.29) is 11.7 Å². The fourth-order valence-electron chi connectivity index (χ4n) is 3.26. The van der Waals surface area contributed by atoms with Gasteiger partial charge in [0.1, 0.15) is 5.41 Å². The van der Waals surface area contributed by atoms with Crippen LogP contribution in [-0.2, 0) is 9.53 Å². The second-order valence-electron chi connectivity index (χ2n) is 5.74. The van der Waals surface area contributed by atoms with Gasteiger partial charge < -0.3 is 20.6 Å². The average molecular weight is 283 g/mol. The molecule has 2 aliphatic rings. The summed E-state index contributed by atoms with van der Waals surface area (Å²) in [7, 11) is 0. The molecule has 0 aromatic rings. The van der Waals surface area contributed by atoms with E-state index in [4.69, 9.17) is 15.7 Å². The second kappa shape index (κ2) is 6.92. The standard InChI is InChI=1S/C14H25N3O3/c15-12(16-19)14(6-3-1-2-4-7-14)13(18)17-8-5-10-20-11-9-17/h19H,1-11H2,(H2,15,16). The zero-order chi connectivity index (χ0) is 14.4. The normalized spacial score (nSPS) is 24.8. The summed E-state index contributed by atoms with van der Waals surface area (Å²) >= 11 is 0. The zero-order valence-electron chi connectivity index (χ0n) is 12.0. The van der Waals surface area contributed by atoms with Crippen LogP contribution in [0, 0.1) is 5.41 Å². The molecule has 6 heteroatoms. The monoisotopic (exact) mass is 283 g/mol. The van der Waals surface area contributed by atoms with Crippen LogP contribution in [0.2, 0.25) is 0 Å². The van der Waals surface area contributed by atoms with Crippen molar-refractivity contribution in [2.24, 2.45) is 16.3 Å². The van der Waals surface area contributed by atoms with Crippen molar-refractivity contribution >= 4 is 11.7 Å². The van der Waals surface area contributed by atoms with Crippen LogP contribution in [0.25, 0.3) is 0 Å². The molecule has 3 N–H and O–H groups in total. The van der Waals surface area contributed by atoms with E-state index in [1.165, 1.54) is 0 Å². The Morgan fingerprint density at radius 1 is 1.10 bits per heavy atom. The highest BCUT2D eigenvalue weighted by atomic mass is 16.5. The first-order chi connectivity index (χ1) is 9.70. The fraction of sp³-hybridized carbons (Fsp3) is 0.857. The van der Waals surface area contributed by atoms with Crippen LogP contribution in [0.1, 0.15) is 44.9 Å². The highest BCUT2D eigenvalue weighted by molar-refractivity contribution is 6.06. The molecule has 1 amide bonds. The van der Waals surface area contributed by atoms with Gasteiger partial charge in [0, 0.05) is 19.7 Å². The molecule has 2 fully saturated rings. The molecule has 0 aromatic carbocycles. The van der Waals surface area contributed by atoms with Crippen LogP contribution in [0.5, 0.6) is 0 Å². The number of carbonyl (C=O) groups is 1.